The molecule has 0 radical (unpaired) electrons. The van der Waals surface area contributed by atoms with Crippen LogP contribution in [-0.4, -0.2) is 90.8 Å². The third kappa shape index (κ3) is 24.8. The lowest BCUT2D eigenvalue weighted by molar-refractivity contribution is -0.120. The van der Waals surface area contributed by atoms with Crippen molar-refractivity contribution < 1.29 is 23.5 Å². The second-order valence-corrected chi connectivity index (χ2v) is 10.8. The van der Waals surface area contributed by atoms with Crippen LogP contribution in [0.1, 0.15) is 87.0 Å². The molecule has 0 saturated heterocycles. The fourth-order valence-electron chi connectivity index (χ4n) is 4.70. The second kappa shape index (κ2) is 35.5. The number of nitrogens with one attached hydrogen (secondary N) is 2. The first-order chi connectivity index (χ1) is 24.2. The minimum Gasteiger partial charge on any atom is -0.377 e. The summed E-state index contributed by atoms with van der Waals surface area (Å²) < 4.78 is 23.4. The van der Waals surface area contributed by atoms with Crippen molar-refractivity contribution in [1.29, 1.82) is 0 Å². The summed E-state index contributed by atoms with van der Waals surface area (Å²) in [5, 5.41) is 16.3. The molecular formula is C40H69F2N5O3. The summed E-state index contributed by atoms with van der Waals surface area (Å²) in [4.78, 5) is 32.7. The number of likely N-dealkylation sites (N-methyl/N-ethyl adjacent to an activating group) is 2. The number of nitrogens with zero attached hydrogens (tertiary/aromatic N) is 3. The molecule has 1 amide bonds. The number of amides is 1. The second-order valence-electron chi connectivity index (χ2n) is 10.8. The summed E-state index contributed by atoms with van der Waals surface area (Å²) in [7, 11) is 4.00. The Kier molecular flexibility index (Phi) is 36.3. The van der Waals surface area contributed by atoms with Crippen molar-refractivity contribution in [3.05, 3.63) is 85.4 Å². The predicted molar refractivity (Wildman–Crippen MR) is 209 cm³/mol. The van der Waals surface area contributed by atoms with E-state index in [0.29, 0.717) is 31.7 Å². The van der Waals surface area contributed by atoms with Gasteiger partial charge in [-0.3, -0.25) is 15.0 Å². The summed E-state index contributed by atoms with van der Waals surface area (Å²) in [5.41, 5.74) is -0.304. The number of carbonyl (C=O) groups is 2. The van der Waals surface area contributed by atoms with E-state index in [-0.39, 0.29) is 17.4 Å². The first kappa shape index (κ1) is 51.1. The maximum atomic E-state index is 12.6. The van der Waals surface area contributed by atoms with Gasteiger partial charge >= 0.3 is 0 Å². The molecule has 1 saturated carbocycles. The first-order valence-corrected chi connectivity index (χ1v) is 18.2. The van der Waals surface area contributed by atoms with Gasteiger partial charge < -0.3 is 20.1 Å². The number of aldehydes is 1. The summed E-state index contributed by atoms with van der Waals surface area (Å²) >= 11 is 0. The smallest absolute Gasteiger partial charge is 0.229 e. The van der Waals surface area contributed by atoms with E-state index in [2.05, 4.69) is 32.0 Å². The van der Waals surface area contributed by atoms with E-state index in [0.717, 1.165) is 57.2 Å². The van der Waals surface area contributed by atoms with Crippen LogP contribution in [0.25, 0.3) is 0 Å². The van der Waals surface area contributed by atoms with Crippen molar-refractivity contribution in [2.45, 2.75) is 98.8 Å². The molecule has 0 aromatic carbocycles. The van der Waals surface area contributed by atoms with Crippen molar-refractivity contribution in [3.63, 3.8) is 0 Å². The maximum Gasteiger partial charge on any atom is 0.229 e. The molecule has 1 aromatic rings. The van der Waals surface area contributed by atoms with Crippen molar-refractivity contribution in [2.75, 3.05) is 52.3 Å². The molecule has 0 bridgehead atoms. The summed E-state index contributed by atoms with van der Waals surface area (Å²) in [6, 6.07) is 5.43. The van der Waals surface area contributed by atoms with Crippen molar-refractivity contribution in [3.8, 4) is 0 Å². The van der Waals surface area contributed by atoms with Gasteiger partial charge in [0.1, 0.15) is 30.8 Å². The quantitative estimate of drug-likeness (QED) is 0.0575. The zero-order valence-electron chi connectivity index (χ0n) is 32.5. The molecule has 8 nitrogen and oxygen atoms in total. The van der Waals surface area contributed by atoms with Gasteiger partial charge in [0.05, 0.1) is 5.54 Å². The molecule has 10 heteroatoms. The molecule has 1 heterocycles. The van der Waals surface area contributed by atoms with Gasteiger partial charge in [-0.15, -0.1) is 0 Å². The number of anilines is 1. The number of hydrogen-bond donors (Lipinski definition) is 3. The van der Waals surface area contributed by atoms with E-state index in [1.54, 1.807) is 12.3 Å². The van der Waals surface area contributed by atoms with Gasteiger partial charge in [0, 0.05) is 38.3 Å². The number of rotatable bonds is 19. The van der Waals surface area contributed by atoms with E-state index in [4.69, 9.17) is 0 Å². The van der Waals surface area contributed by atoms with Gasteiger partial charge in [0.25, 0.3) is 0 Å². The highest BCUT2D eigenvalue weighted by atomic mass is 19.1. The summed E-state index contributed by atoms with van der Waals surface area (Å²) in [6.45, 7) is 19.1. The van der Waals surface area contributed by atoms with Gasteiger partial charge in [-0.25, -0.2) is 13.8 Å². The zero-order chi connectivity index (χ0) is 38.6. The van der Waals surface area contributed by atoms with Gasteiger partial charge in [-0.1, -0.05) is 103 Å². The SMILES string of the molecule is C/C=C/C[C@H](C/C=C/CNC(O)CN(C)CCN(C)C1(C=O)CCCC1)C(=O)Nc1ccccn1.C=C/C=C\C(F)=C/CF.CC.CC.CC. The molecule has 1 unspecified atom stereocenters. The van der Waals surface area contributed by atoms with Crippen LogP contribution in [0.3, 0.4) is 0 Å². The lowest BCUT2D eigenvalue weighted by Gasteiger charge is -2.35. The number of aliphatic hydroxyl groups excluding tert-OH is 1. The Morgan fingerprint density at radius 3 is 2.24 bits per heavy atom. The van der Waals surface area contributed by atoms with Crippen LogP contribution in [0.4, 0.5) is 14.6 Å². The molecular weight excluding hydrogens is 636 g/mol. The van der Waals surface area contributed by atoms with Crippen molar-refractivity contribution in [2.24, 2.45) is 5.92 Å². The van der Waals surface area contributed by atoms with Gasteiger partial charge in [-0.2, -0.15) is 0 Å². The maximum absolute atomic E-state index is 12.6. The number of aromatic nitrogens is 1. The summed E-state index contributed by atoms with van der Waals surface area (Å²) in [5.74, 6) is -0.263. The van der Waals surface area contributed by atoms with Gasteiger partial charge in [0.2, 0.25) is 5.91 Å². The standard InChI is InChI=1S/C27H43N5O3.C7H8F2.3C2H6/c1-4-5-12-23(26(35)30-24-14-7-11-17-28-24)13-6-10-18-29-25(34)21-31(2)19-20-32(3)27(22-33)15-8-9-16-27;1-2-3-4-7(9)5-6-8;3*1-2/h4-7,10-11,14,17,22-23,25,29,34H,8-9,12-13,15-16,18-21H2,1-3H3,(H,28,30,35);2-5H,1,6H2;3*1-2H3/b5-4+,10-6+;4-3-,7-5+;;;/t23-,25?;;;;/m1..../s1. The fourth-order valence-corrected chi connectivity index (χ4v) is 4.70. The molecule has 50 heavy (non-hydrogen) atoms. The zero-order valence-corrected chi connectivity index (χ0v) is 32.5. The van der Waals surface area contributed by atoms with Crippen LogP contribution in [-0.2, 0) is 9.59 Å². The number of halogens is 2. The lowest BCUT2D eigenvalue weighted by atomic mass is 9.98. The Morgan fingerprint density at radius 1 is 1.06 bits per heavy atom. The highest BCUT2D eigenvalue weighted by molar-refractivity contribution is 5.91. The van der Waals surface area contributed by atoms with Crippen LogP contribution >= 0.6 is 0 Å². The molecule has 1 aliphatic rings. The summed E-state index contributed by atoms with van der Waals surface area (Å²) in [6.07, 6.45) is 20.2. The minimum atomic E-state index is -0.771. The van der Waals surface area contributed by atoms with E-state index in [9.17, 15) is 23.5 Å². The van der Waals surface area contributed by atoms with Crippen LogP contribution in [0.2, 0.25) is 0 Å². The third-order valence-corrected chi connectivity index (χ3v) is 7.42. The Morgan fingerprint density at radius 2 is 1.70 bits per heavy atom. The largest absolute Gasteiger partial charge is 0.377 e. The minimum absolute atomic E-state index is 0.0556. The monoisotopic (exact) mass is 706 g/mol. The number of alkyl halides is 1. The molecule has 2 rings (SSSR count). The van der Waals surface area contributed by atoms with Crippen molar-refractivity contribution >= 4 is 18.0 Å². The predicted octanol–water partition coefficient (Wildman–Crippen LogP) is 8.46. The van der Waals surface area contributed by atoms with E-state index in [1.165, 1.54) is 12.2 Å². The number of pyridine rings is 1. The van der Waals surface area contributed by atoms with E-state index >= 15 is 0 Å². The Hall–Kier alpha value is -3.31. The van der Waals surface area contributed by atoms with Gasteiger partial charge in [-0.05, 0) is 71.0 Å². The fraction of sp³-hybridized carbons (Fsp3) is 0.575. The molecule has 2 atom stereocenters. The average molecular weight is 706 g/mol. The molecule has 0 aliphatic heterocycles. The van der Waals surface area contributed by atoms with Gasteiger partial charge in [0.15, 0.2) is 0 Å². The molecule has 1 fully saturated rings. The van der Waals surface area contributed by atoms with Crippen LogP contribution in [0.15, 0.2) is 85.4 Å². The number of carbonyl (C=O) groups excluding carboxylic acids is 2. The molecule has 1 aliphatic carbocycles. The molecule has 0 spiro atoms. The Labute approximate surface area is 303 Å². The molecule has 1 aromatic heterocycles. The highest BCUT2D eigenvalue weighted by Gasteiger charge is 2.37. The first-order valence-electron chi connectivity index (χ1n) is 18.2. The topological polar surface area (TPSA) is 97.8 Å². The van der Waals surface area contributed by atoms with E-state index in [1.807, 2.05) is 99.0 Å². The highest BCUT2D eigenvalue weighted by Crippen LogP contribution is 2.32. The third-order valence-electron chi connectivity index (χ3n) is 7.42. The van der Waals surface area contributed by atoms with Crippen LogP contribution in [0, 0.1) is 5.92 Å². The van der Waals surface area contributed by atoms with Crippen LogP contribution in [0.5, 0.6) is 0 Å². The lowest BCUT2D eigenvalue weighted by Crippen LogP contribution is -2.49. The number of allylic oxidation sites excluding steroid dienone is 8. The molecule has 3 N–H and O–H groups in total. The number of aliphatic hydroxyl groups is 1. The Bertz CT molecular complexity index is 1070. The van der Waals surface area contributed by atoms with E-state index < -0.39 is 18.7 Å². The normalized spacial score (nSPS) is 14.8. The number of hydrogen-bond acceptors (Lipinski definition) is 7. The Balaban J connectivity index is -0.00000125. The van der Waals surface area contributed by atoms with Crippen LogP contribution < -0.4 is 10.6 Å². The molecule has 286 valence electrons. The average Bonchev–Trinajstić information content (AvgIpc) is 3.65. The van der Waals surface area contributed by atoms with Crippen molar-refractivity contribution in [1.82, 2.24) is 20.1 Å².